The number of rotatable bonds is 11. The Bertz CT molecular complexity index is 1090. The highest BCUT2D eigenvalue weighted by Gasteiger charge is 2.31. The largest absolute Gasteiger partial charge is 0.497 e. The van der Waals surface area contributed by atoms with Crippen molar-refractivity contribution in [2.45, 2.75) is 51.7 Å². The van der Waals surface area contributed by atoms with Gasteiger partial charge in [-0.05, 0) is 54.3 Å². The van der Waals surface area contributed by atoms with Crippen LogP contribution in [0.1, 0.15) is 37.0 Å². The van der Waals surface area contributed by atoms with Gasteiger partial charge in [-0.15, -0.1) is 0 Å². The highest BCUT2D eigenvalue weighted by Crippen LogP contribution is 2.18. The molecular weight excluding hydrogens is 443 g/mol. The topological polar surface area (TPSA) is 58.6 Å². The maximum Gasteiger partial charge on any atom is 0.243 e. The lowest BCUT2D eigenvalue weighted by Gasteiger charge is -2.32. The third kappa shape index (κ3) is 7.67. The molecule has 2 amide bonds. The quantitative estimate of drug-likeness (QED) is 0.427. The Morgan fingerprint density at radius 1 is 0.914 bits per heavy atom. The highest BCUT2D eigenvalue weighted by molar-refractivity contribution is 5.89. The van der Waals surface area contributed by atoms with E-state index in [0.717, 1.165) is 23.1 Å². The van der Waals surface area contributed by atoms with Crippen LogP contribution in [0.15, 0.2) is 78.9 Å². The Balaban J connectivity index is 1.94. The summed E-state index contributed by atoms with van der Waals surface area (Å²) in [6, 6.07) is 22.3. The van der Waals surface area contributed by atoms with Crippen LogP contribution in [-0.4, -0.2) is 35.9 Å². The summed E-state index contributed by atoms with van der Waals surface area (Å²) in [6.45, 7) is 4.14. The van der Waals surface area contributed by atoms with Gasteiger partial charge in [-0.2, -0.15) is 0 Å². The van der Waals surface area contributed by atoms with Crippen molar-refractivity contribution in [1.29, 1.82) is 0 Å². The van der Waals surface area contributed by atoms with E-state index in [1.807, 2.05) is 68.4 Å². The van der Waals surface area contributed by atoms with Gasteiger partial charge in [0.2, 0.25) is 11.8 Å². The predicted octanol–water partition coefficient (Wildman–Crippen LogP) is 4.93. The van der Waals surface area contributed by atoms with Gasteiger partial charge < -0.3 is 15.0 Å². The smallest absolute Gasteiger partial charge is 0.243 e. The summed E-state index contributed by atoms with van der Waals surface area (Å²) in [7, 11) is 1.59. The number of ether oxygens (including phenoxy) is 1. The SMILES string of the molecule is CC[C@H](C)NC(=O)[C@H](Cc1ccccc1)N(Cc1ccc(F)cc1)C(=O)Cc1ccc(OC)cc1. The highest BCUT2D eigenvalue weighted by atomic mass is 19.1. The summed E-state index contributed by atoms with van der Waals surface area (Å²) in [5, 5.41) is 3.05. The number of amides is 2. The molecule has 0 aliphatic carbocycles. The van der Waals surface area contributed by atoms with E-state index in [4.69, 9.17) is 4.74 Å². The van der Waals surface area contributed by atoms with E-state index >= 15 is 0 Å². The first kappa shape index (κ1) is 25.9. The van der Waals surface area contributed by atoms with Gasteiger partial charge in [0.1, 0.15) is 17.6 Å². The van der Waals surface area contributed by atoms with Crippen LogP contribution in [-0.2, 0) is 29.0 Å². The number of benzene rings is 3. The van der Waals surface area contributed by atoms with Gasteiger partial charge in [-0.1, -0.05) is 61.5 Å². The predicted molar refractivity (Wildman–Crippen MR) is 135 cm³/mol. The van der Waals surface area contributed by atoms with Crippen molar-refractivity contribution < 1.29 is 18.7 Å². The van der Waals surface area contributed by atoms with Gasteiger partial charge in [-0.25, -0.2) is 4.39 Å². The van der Waals surface area contributed by atoms with Gasteiger partial charge in [0.15, 0.2) is 0 Å². The normalized spacial score (nSPS) is 12.5. The summed E-state index contributed by atoms with van der Waals surface area (Å²) >= 11 is 0. The molecule has 0 aliphatic heterocycles. The van der Waals surface area contributed by atoms with Gasteiger partial charge in [0, 0.05) is 19.0 Å². The van der Waals surface area contributed by atoms with Crippen LogP contribution in [0.2, 0.25) is 0 Å². The molecule has 35 heavy (non-hydrogen) atoms. The number of hydrogen-bond acceptors (Lipinski definition) is 3. The zero-order valence-electron chi connectivity index (χ0n) is 20.5. The molecule has 3 rings (SSSR count). The second-order valence-electron chi connectivity index (χ2n) is 8.70. The van der Waals surface area contributed by atoms with Crippen molar-refractivity contribution >= 4 is 11.8 Å². The van der Waals surface area contributed by atoms with Crippen LogP contribution in [0, 0.1) is 5.82 Å². The van der Waals surface area contributed by atoms with Crippen LogP contribution >= 0.6 is 0 Å². The number of methoxy groups -OCH3 is 1. The molecule has 0 heterocycles. The first-order valence-corrected chi connectivity index (χ1v) is 11.9. The monoisotopic (exact) mass is 476 g/mol. The van der Waals surface area contributed by atoms with E-state index in [0.29, 0.717) is 12.2 Å². The van der Waals surface area contributed by atoms with E-state index in [1.165, 1.54) is 12.1 Å². The summed E-state index contributed by atoms with van der Waals surface area (Å²) in [6.07, 6.45) is 1.29. The number of halogens is 1. The summed E-state index contributed by atoms with van der Waals surface area (Å²) in [4.78, 5) is 28.7. The molecule has 0 radical (unpaired) electrons. The molecule has 0 saturated heterocycles. The standard InChI is InChI=1S/C29H33FN2O3/c1-4-21(2)31-29(34)27(18-22-8-6-5-7-9-22)32(20-24-10-14-25(30)15-11-24)28(33)19-23-12-16-26(35-3)17-13-23/h5-17,21,27H,4,18-20H2,1-3H3,(H,31,34)/t21-,27-/m0/s1. The number of nitrogens with zero attached hydrogens (tertiary/aromatic N) is 1. The van der Waals surface area contributed by atoms with Crippen LogP contribution in [0.4, 0.5) is 4.39 Å². The van der Waals surface area contributed by atoms with Crippen molar-refractivity contribution in [2.24, 2.45) is 0 Å². The fourth-order valence-electron chi connectivity index (χ4n) is 3.80. The Morgan fingerprint density at radius 3 is 2.14 bits per heavy atom. The molecule has 5 nitrogen and oxygen atoms in total. The average molecular weight is 477 g/mol. The van der Waals surface area contributed by atoms with Crippen molar-refractivity contribution in [3.8, 4) is 5.75 Å². The van der Waals surface area contributed by atoms with Gasteiger partial charge in [-0.3, -0.25) is 9.59 Å². The number of carbonyl (C=O) groups excluding carboxylic acids is 2. The molecule has 6 heteroatoms. The average Bonchev–Trinajstić information content (AvgIpc) is 2.88. The molecule has 3 aromatic rings. The second kappa shape index (κ2) is 12.7. The summed E-state index contributed by atoms with van der Waals surface area (Å²) in [5.74, 6) is -0.0208. The van der Waals surface area contributed by atoms with Crippen LogP contribution in [0.5, 0.6) is 5.75 Å². The zero-order chi connectivity index (χ0) is 25.2. The Kier molecular flexibility index (Phi) is 9.41. The lowest BCUT2D eigenvalue weighted by atomic mass is 10.0. The van der Waals surface area contributed by atoms with Crippen molar-refractivity contribution in [1.82, 2.24) is 10.2 Å². The Hall–Kier alpha value is -3.67. The van der Waals surface area contributed by atoms with Crippen molar-refractivity contribution in [2.75, 3.05) is 7.11 Å². The maximum atomic E-state index is 13.7. The molecule has 3 aromatic carbocycles. The molecule has 2 atom stereocenters. The minimum absolute atomic E-state index is 0.0230. The molecule has 0 bridgehead atoms. The van der Waals surface area contributed by atoms with Gasteiger partial charge >= 0.3 is 0 Å². The molecule has 0 saturated carbocycles. The third-order valence-electron chi connectivity index (χ3n) is 6.05. The van der Waals surface area contributed by atoms with Crippen LogP contribution in [0.25, 0.3) is 0 Å². The van der Waals surface area contributed by atoms with Gasteiger partial charge in [0.05, 0.1) is 13.5 Å². The fourth-order valence-corrected chi connectivity index (χ4v) is 3.80. The van der Waals surface area contributed by atoms with Crippen molar-refractivity contribution in [3.05, 3.63) is 101 Å². The lowest BCUT2D eigenvalue weighted by Crippen LogP contribution is -2.52. The lowest BCUT2D eigenvalue weighted by molar-refractivity contribution is -0.141. The fraction of sp³-hybridized carbons (Fsp3) is 0.310. The van der Waals surface area contributed by atoms with Crippen LogP contribution < -0.4 is 10.1 Å². The summed E-state index contributed by atoms with van der Waals surface area (Å²) < 4.78 is 18.7. The molecule has 0 aliphatic rings. The molecule has 0 fully saturated rings. The van der Waals surface area contributed by atoms with Crippen LogP contribution in [0.3, 0.4) is 0 Å². The number of hydrogen-bond donors (Lipinski definition) is 1. The first-order chi connectivity index (χ1) is 16.9. The maximum absolute atomic E-state index is 13.7. The molecule has 0 aromatic heterocycles. The van der Waals surface area contributed by atoms with E-state index in [-0.39, 0.29) is 36.6 Å². The van der Waals surface area contributed by atoms with Gasteiger partial charge in [0.25, 0.3) is 0 Å². The van der Waals surface area contributed by atoms with E-state index in [9.17, 15) is 14.0 Å². The van der Waals surface area contributed by atoms with E-state index in [1.54, 1.807) is 24.1 Å². The minimum Gasteiger partial charge on any atom is -0.497 e. The molecule has 184 valence electrons. The zero-order valence-corrected chi connectivity index (χ0v) is 20.5. The minimum atomic E-state index is -0.720. The molecule has 1 N–H and O–H groups in total. The molecule has 0 unspecified atom stereocenters. The summed E-state index contributed by atoms with van der Waals surface area (Å²) in [5.41, 5.74) is 2.53. The number of carbonyl (C=O) groups is 2. The third-order valence-corrected chi connectivity index (χ3v) is 6.05. The molecular formula is C29H33FN2O3. The van der Waals surface area contributed by atoms with Crippen molar-refractivity contribution in [3.63, 3.8) is 0 Å². The van der Waals surface area contributed by atoms with E-state index < -0.39 is 6.04 Å². The van der Waals surface area contributed by atoms with E-state index in [2.05, 4.69) is 5.32 Å². The number of nitrogens with one attached hydrogen (secondary N) is 1. The Labute approximate surface area is 206 Å². The Morgan fingerprint density at radius 2 is 1.54 bits per heavy atom. The second-order valence-corrected chi connectivity index (χ2v) is 8.70. The molecule has 0 spiro atoms. The first-order valence-electron chi connectivity index (χ1n) is 11.9.